The lowest BCUT2D eigenvalue weighted by Crippen LogP contribution is -2.28. The van der Waals surface area contributed by atoms with Gasteiger partial charge in [-0.2, -0.15) is 5.10 Å². The number of carbonyl (C=O) groups is 1. The first-order chi connectivity index (χ1) is 12.5. The van der Waals surface area contributed by atoms with E-state index in [0.717, 1.165) is 30.0 Å². The quantitative estimate of drug-likeness (QED) is 0.790. The van der Waals surface area contributed by atoms with E-state index in [9.17, 15) is 4.79 Å². The zero-order valence-corrected chi connectivity index (χ0v) is 15.4. The molecule has 1 aliphatic heterocycles. The molecule has 4 rings (SSSR count). The number of carbonyl (C=O) groups excluding carboxylic acids is 1. The van der Waals surface area contributed by atoms with Crippen LogP contribution in [0.15, 0.2) is 36.7 Å². The largest absolute Gasteiger partial charge is 0.357 e. The molecule has 0 bridgehead atoms. The molecule has 0 spiro atoms. The molecule has 3 aromatic rings. The average molecular weight is 349 g/mol. The second-order valence-electron chi connectivity index (χ2n) is 7.16. The van der Waals surface area contributed by atoms with Gasteiger partial charge in [0.25, 0.3) is 5.91 Å². The van der Waals surface area contributed by atoms with Crippen molar-refractivity contribution < 1.29 is 4.79 Å². The van der Waals surface area contributed by atoms with E-state index >= 15 is 0 Å². The summed E-state index contributed by atoms with van der Waals surface area (Å²) in [5, 5.41) is 6.93. The Morgan fingerprint density at radius 3 is 2.77 bits per heavy atom. The first-order valence-corrected chi connectivity index (χ1v) is 8.92. The number of aromatic amines is 1. The molecule has 3 aromatic heterocycles. The van der Waals surface area contributed by atoms with Crippen molar-refractivity contribution >= 4 is 5.91 Å². The van der Waals surface area contributed by atoms with Crippen molar-refractivity contribution in [3.05, 3.63) is 59.4 Å². The van der Waals surface area contributed by atoms with Crippen molar-refractivity contribution in [2.45, 2.75) is 26.2 Å². The minimum absolute atomic E-state index is 0.00668. The van der Waals surface area contributed by atoms with Crippen molar-refractivity contribution in [2.24, 2.45) is 7.05 Å². The van der Waals surface area contributed by atoms with Crippen LogP contribution >= 0.6 is 0 Å². The molecular weight excluding hydrogens is 326 g/mol. The lowest BCUT2D eigenvalue weighted by molar-refractivity contribution is 0.0785. The lowest BCUT2D eigenvalue weighted by Gasteiger charge is -2.15. The SMILES string of the molecule is Cc1cc(-c2ccn(C)c2)cc(C2CCN(C(=O)c3cc(C)[nH]n3)C2)n1. The van der Waals surface area contributed by atoms with E-state index in [1.807, 2.05) is 36.6 Å². The Morgan fingerprint density at radius 1 is 1.23 bits per heavy atom. The van der Waals surface area contributed by atoms with Gasteiger partial charge in [-0.05, 0) is 55.7 Å². The molecule has 1 aliphatic rings. The van der Waals surface area contributed by atoms with Gasteiger partial charge in [0.15, 0.2) is 0 Å². The number of rotatable bonds is 3. The number of nitrogens with one attached hydrogen (secondary N) is 1. The first kappa shape index (κ1) is 16.6. The number of nitrogens with zero attached hydrogens (tertiary/aromatic N) is 4. The number of aromatic nitrogens is 4. The minimum Gasteiger partial charge on any atom is -0.357 e. The smallest absolute Gasteiger partial charge is 0.274 e. The Bertz CT molecular complexity index is 955. The molecule has 1 saturated heterocycles. The topological polar surface area (TPSA) is 66.8 Å². The van der Waals surface area contributed by atoms with Gasteiger partial charge >= 0.3 is 0 Å². The molecule has 4 heterocycles. The fourth-order valence-corrected chi connectivity index (χ4v) is 3.62. The predicted octanol–water partition coefficient (Wildman–Crippen LogP) is 3.06. The molecule has 0 aromatic carbocycles. The Kier molecular flexibility index (Phi) is 4.11. The molecule has 1 unspecified atom stereocenters. The molecular formula is C20H23N5O. The van der Waals surface area contributed by atoms with Crippen LogP contribution in [0.25, 0.3) is 11.1 Å². The van der Waals surface area contributed by atoms with Crippen LogP contribution in [0.4, 0.5) is 0 Å². The molecule has 0 aliphatic carbocycles. The van der Waals surface area contributed by atoms with Crippen LogP contribution in [-0.2, 0) is 7.05 Å². The number of amides is 1. The van der Waals surface area contributed by atoms with E-state index in [0.29, 0.717) is 12.2 Å². The van der Waals surface area contributed by atoms with Crippen LogP contribution in [0.3, 0.4) is 0 Å². The third kappa shape index (κ3) is 3.14. The highest BCUT2D eigenvalue weighted by Crippen LogP contribution is 2.30. The van der Waals surface area contributed by atoms with Gasteiger partial charge in [-0.25, -0.2) is 0 Å². The van der Waals surface area contributed by atoms with Crippen LogP contribution in [0.2, 0.25) is 0 Å². The van der Waals surface area contributed by atoms with Crippen molar-refractivity contribution in [1.29, 1.82) is 0 Å². The zero-order valence-electron chi connectivity index (χ0n) is 15.4. The Morgan fingerprint density at radius 2 is 2.08 bits per heavy atom. The second kappa shape index (κ2) is 6.44. The third-order valence-electron chi connectivity index (χ3n) is 4.96. The van der Waals surface area contributed by atoms with Crippen LogP contribution in [-0.4, -0.2) is 43.6 Å². The van der Waals surface area contributed by atoms with Gasteiger partial charge in [-0.1, -0.05) is 0 Å². The van der Waals surface area contributed by atoms with E-state index in [4.69, 9.17) is 4.98 Å². The van der Waals surface area contributed by atoms with Crippen molar-refractivity contribution in [3.63, 3.8) is 0 Å². The Hall–Kier alpha value is -2.89. The summed E-state index contributed by atoms with van der Waals surface area (Å²) in [5.74, 6) is 0.258. The third-order valence-corrected chi connectivity index (χ3v) is 4.96. The summed E-state index contributed by atoms with van der Waals surface area (Å²) in [7, 11) is 2.02. The maximum atomic E-state index is 12.6. The minimum atomic E-state index is -0.00668. The molecule has 134 valence electrons. The summed E-state index contributed by atoms with van der Waals surface area (Å²) in [6.45, 7) is 5.36. The van der Waals surface area contributed by atoms with Gasteiger partial charge in [-0.3, -0.25) is 14.9 Å². The van der Waals surface area contributed by atoms with E-state index in [1.165, 1.54) is 11.1 Å². The number of hydrogen-bond donors (Lipinski definition) is 1. The number of aryl methyl sites for hydroxylation is 3. The standard InChI is InChI=1S/C20H23N5O/c1-13-8-17(15-4-6-24(3)11-15)10-18(21-13)16-5-7-25(12-16)20(26)19-9-14(2)22-23-19/h4,6,8-11,16H,5,7,12H2,1-3H3,(H,22,23). The highest BCUT2D eigenvalue weighted by atomic mass is 16.2. The van der Waals surface area contributed by atoms with Gasteiger partial charge in [0, 0.05) is 55.5 Å². The van der Waals surface area contributed by atoms with Gasteiger partial charge in [0.1, 0.15) is 5.69 Å². The Labute approximate surface area is 152 Å². The number of likely N-dealkylation sites (tertiary alicyclic amines) is 1. The fraction of sp³-hybridized carbons (Fsp3) is 0.350. The highest BCUT2D eigenvalue weighted by Gasteiger charge is 2.30. The normalized spacial score (nSPS) is 17.0. The molecule has 6 nitrogen and oxygen atoms in total. The summed E-state index contributed by atoms with van der Waals surface area (Å²) >= 11 is 0. The summed E-state index contributed by atoms with van der Waals surface area (Å²) in [6.07, 6.45) is 5.09. The maximum absolute atomic E-state index is 12.6. The van der Waals surface area contributed by atoms with Gasteiger partial charge in [-0.15, -0.1) is 0 Å². The second-order valence-corrected chi connectivity index (χ2v) is 7.16. The van der Waals surface area contributed by atoms with Crippen molar-refractivity contribution in [1.82, 2.24) is 24.6 Å². The summed E-state index contributed by atoms with van der Waals surface area (Å²) < 4.78 is 2.05. The highest BCUT2D eigenvalue weighted by molar-refractivity contribution is 5.92. The summed E-state index contributed by atoms with van der Waals surface area (Å²) in [5.41, 5.74) is 5.84. The summed E-state index contributed by atoms with van der Waals surface area (Å²) in [6, 6.07) is 8.19. The van der Waals surface area contributed by atoms with E-state index in [1.54, 1.807) is 6.07 Å². The van der Waals surface area contributed by atoms with Gasteiger partial charge in [0.05, 0.1) is 0 Å². The molecule has 6 heteroatoms. The first-order valence-electron chi connectivity index (χ1n) is 8.92. The molecule has 1 amide bonds. The molecule has 1 N–H and O–H groups in total. The van der Waals surface area contributed by atoms with Gasteiger partial charge < -0.3 is 9.47 Å². The summed E-state index contributed by atoms with van der Waals surface area (Å²) in [4.78, 5) is 19.2. The fourth-order valence-electron chi connectivity index (χ4n) is 3.62. The molecule has 26 heavy (non-hydrogen) atoms. The number of H-pyrrole nitrogens is 1. The van der Waals surface area contributed by atoms with Gasteiger partial charge in [0.2, 0.25) is 0 Å². The average Bonchev–Trinajstić information content (AvgIpc) is 3.34. The number of pyridine rings is 1. The molecule has 1 fully saturated rings. The molecule has 0 radical (unpaired) electrons. The van der Waals surface area contributed by atoms with E-state index in [-0.39, 0.29) is 11.8 Å². The van der Waals surface area contributed by atoms with Crippen LogP contribution in [0, 0.1) is 13.8 Å². The zero-order chi connectivity index (χ0) is 18.3. The van der Waals surface area contributed by atoms with E-state index in [2.05, 4.69) is 34.6 Å². The predicted molar refractivity (Wildman–Crippen MR) is 100.0 cm³/mol. The van der Waals surface area contributed by atoms with E-state index < -0.39 is 0 Å². The maximum Gasteiger partial charge on any atom is 0.274 e. The monoisotopic (exact) mass is 349 g/mol. The number of hydrogen-bond acceptors (Lipinski definition) is 3. The van der Waals surface area contributed by atoms with Crippen molar-refractivity contribution in [2.75, 3.05) is 13.1 Å². The van der Waals surface area contributed by atoms with Crippen LogP contribution < -0.4 is 0 Å². The van der Waals surface area contributed by atoms with Crippen LogP contribution in [0.5, 0.6) is 0 Å². The Balaban J connectivity index is 1.55. The molecule has 1 atom stereocenters. The van der Waals surface area contributed by atoms with Crippen molar-refractivity contribution in [3.8, 4) is 11.1 Å². The lowest BCUT2D eigenvalue weighted by atomic mass is 10.00. The van der Waals surface area contributed by atoms with Crippen LogP contribution in [0.1, 0.15) is 39.9 Å². The molecule has 0 saturated carbocycles.